The normalized spacial score (nSPS) is 13.1. The van der Waals surface area contributed by atoms with Gasteiger partial charge in [0.2, 0.25) is 0 Å². The molecule has 0 heterocycles. The number of fused-ring (bicyclic) bond motifs is 3. The summed E-state index contributed by atoms with van der Waals surface area (Å²) in [5.41, 5.74) is 11.0. The van der Waals surface area contributed by atoms with Crippen LogP contribution < -0.4 is 0 Å². The molecule has 0 fully saturated rings. The smallest absolute Gasteiger partial charge is 0.194 e. The van der Waals surface area contributed by atoms with Crippen LogP contribution in [0.5, 0.6) is 0 Å². The third-order valence-electron chi connectivity index (χ3n) is 6.99. The lowest BCUT2D eigenvalue weighted by molar-refractivity contribution is 0.104. The van der Waals surface area contributed by atoms with Crippen molar-refractivity contribution in [3.8, 4) is 33.4 Å². The molecule has 1 nitrogen and oxygen atoms in total. The van der Waals surface area contributed by atoms with Gasteiger partial charge in [-0.25, -0.2) is 0 Å². The molecule has 0 amide bonds. The van der Waals surface area contributed by atoms with Crippen LogP contribution in [0.2, 0.25) is 0 Å². The van der Waals surface area contributed by atoms with Gasteiger partial charge in [0, 0.05) is 11.1 Å². The lowest BCUT2D eigenvalue weighted by Crippen LogP contribution is -2.10. The predicted octanol–water partition coefficient (Wildman–Crippen LogP) is 8.83. The van der Waals surface area contributed by atoms with E-state index < -0.39 is 0 Å². The van der Waals surface area contributed by atoms with Gasteiger partial charge in [-0.15, -0.1) is 0 Å². The zero-order chi connectivity index (χ0) is 24.3. The van der Waals surface area contributed by atoms with Crippen molar-refractivity contribution < 1.29 is 4.79 Å². The molecule has 170 valence electrons. The Hall–Kier alpha value is -3.45. The summed E-state index contributed by atoms with van der Waals surface area (Å²) >= 11 is 0. The Bertz CT molecular complexity index is 1280. The van der Waals surface area contributed by atoms with E-state index in [0.717, 1.165) is 44.5 Å². The molecule has 0 saturated carbocycles. The van der Waals surface area contributed by atoms with E-state index in [0.29, 0.717) is 0 Å². The predicted molar refractivity (Wildman–Crippen MR) is 144 cm³/mol. The van der Waals surface area contributed by atoms with Gasteiger partial charge in [0.25, 0.3) is 0 Å². The van der Waals surface area contributed by atoms with Crippen LogP contribution >= 0.6 is 0 Å². The number of carbonyl (C=O) groups is 1. The molecule has 0 aromatic heterocycles. The highest BCUT2D eigenvalue weighted by atomic mass is 16.1. The van der Waals surface area contributed by atoms with Gasteiger partial charge >= 0.3 is 0 Å². The summed E-state index contributed by atoms with van der Waals surface area (Å²) in [7, 11) is 0. The SMILES string of the molecule is CC(C)(C)c1ccc(-c2ccc3c(c2)C(=O)c2cc(-c4ccc(C(C)(C)C)cc4)ccc2-3)cc1. The highest BCUT2D eigenvalue weighted by Gasteiger charge is 2.27. The molecular formula is C33H32O. The summed E-state index contributed by atoms with van der Waals surface area (Å²) in [5, 5.41) is 0. The Morgan fingerprint density at radius 3 is 1.06 bits per heavy atom. The van der Waals surface area contributed by atoms with E-state index in [1.165, 1.54) is 11.1 Å². The minimum absolute atomic E-state index is 0.117. The van der Waals surface area contributed by atoms with Crippen LogP contribution in [0.4, 0.5) is 0 Å². The van der Waals surface area contributed by atoms with Crippen molar-refractivity contribution in [2.45, 2.75) is 52.4 Å². The van der Waals surface area contributed by atoms with Gasteiger partial charge in [0.15, 0.2) is 5.78 Å². The van der Waals surface area contributed by atoms with Gasteiger partial charge in [-0.2, -0.15) is 0 Å². The van der Waals surface area contributed by atoms with Crippen molar-refractivity contribution in [3.63, 3.8) is 0 Å². The number of rotatable bonds is 2. The molecule has 4 aromatic carbocycles. The molecule has 0 aliphatic heterocycles. The molecule has 0 atom stereocenters. The fourth-order valence-corrected chi connectivity index (χ4v) is 4.76. The van der Waals surface area contributed by atoms with Crippen molar-refractivity contribution in [1.29, 1.82) is 0 Å². The van der Waals surface area contributed by atoms with E-state index in [9.17, 15) is 4.79 Å². The number of carbonyl (C=O) groups excluding carboxylic acids is 1. The van der Waals surface area contributed by atoms with Crippen LogP contribution in [-0.2, 0) is 10.8 Å². The third kappa shape index (κ3) is 3.90. The van der Waals surface area contributed by atoms with Crippen LogP contribution in [-0.4, -0.2) is 5.78 Å². The first-order valence-corrected chi connectivity index (χ1v) is 12.1. The molecule has 0 spiro atoms. The van der Waals surface area contributed by atoms with E-state index >= 15 is 0 Å². The Morgan fingerprint density at radius 1 is 0.412 bits per heavy atom. The number of ketones is 1. The van der Waals surface area contributed by atoms with Gasteiger partial charge in [0.1, 0.15) is 0 Å². The summed E-state index contributed by atoms with van der Waals surface area (Å²) in [5.74, 6) is 0.117. The molecule has 0 saturated heterocycles. The Morgan fingerprint density at radius 2 is 0.735 bits per heavy atom. The molecule has 0 radical (unpaired) electrons. The molecule has 5 rings (SSSR count). The topological polar surface area (TPSA) is 17.1 Å². The minimum atomic E-state index is 0.117. The molecule has 0 N–H and O–H groups in total. The average molecular weight is 445 g/mol. The Balaban J connectivity index is 1.47. The van der Waals surface area contributed by atoms with Crippen molar-refractivity contribution in [3.05, 3.63) is 107 Å². The molecule has 34 heavy (non-hydrogen) atoms. The second-order valence-corrected chi connectivity index (χ2v) is 11.5. The maximum atomic E-state index is 13.4. The van der Waals surface area contributed by atoms with Crippen molar-refractivity contribution in [2.75, 3.05) is 0 Å². The maximum absolute atomic E-state index is 13.4. The summed E-state index contributed by atoms with van der Waals surface area (Å²) in [6.07, 6.45) is 0. The van der Waals surface area contributed by atoms with Gasteiger partial charge < -0.3 is 0 Å². The first kappa shape index (κ1) is 22.3. The molecule has 1 heteroatoms. The Kier molecular flexibility index (Phi) is 5.13. The molecule has 0 bridgehead atoms. The fourth-order valence-electron chi connectivity index (χ4n) is 4.76. The molecule has 1 aliphatic carbocycles. The Labute approximate surface area is 203 Å². The largest absolute Gasteiger partial charge is 0.289 e. The van der Waals surface area contributed by atoms with E-state index in [4.69, 9.17) is 0 Å². The van der Waals surface area contributed by atoms with Crippen LogP contribution in [0, 0.1) is 0 Å². The van der Waals surface area contributed by atoms with Crippen LogP contribution in [0.1, 0.15) is 68.6 Å². The van der Waals surface area contributed by atoms with E-state index in [2.05, 4.69) is 126 Å². The molecule has 4 aromatic rings. The zero-order valence-corrected chi connectivity index (χ0v) is 21.0. The second kappa shape index (κ2) is 7.81. The zero-order valence-electron chi connectivity index (χ0n) is 21.0. The second-order valence-electron chi connectivity index (χ2n) is 11.5. The standard InChI is InChI=1S/C33H32O/c1-32(2,3)25-13-7-21(8-14-25)23-11-17-27-28-18-12-24(20-30(28)31(34)29(27)19-23)22-9-15-26(16-10-22)33(4,5)6/h7-20H,1-6H3. The first-order valence-electron chi connectivity index (χ1n) is 12.1. The quantitative estimate of drug-likeness (QED) is 0.266. The van der Waals surface area contributed by atoms with Gasteiger partial charge in [-0.05, 0) is 67.5 Å². The summed E-state index contributed by atoms with van der Waals surface area (Å²) < 4.78 is 0. The van der Waals surface area contributed by atoms with Crippen molar-refractivity contribution >= 4 is 5.78 Å². The van der Waals surface area contributed by atoms with Crippen LogP contribution in [0.25, 0.3) is 33.4 Å². The number of benzene rings is 4. The van der Waals surface area contributed by atoms with E-state index in [1.807, 2.05) is 0 Å². The van der Waals surface area contributed by atoms with Crippen LogP contribution in [0.3, 0.4) is 0 Å². The van der Waals surface area contributed by atoms with Crippen molar-refractivity contribution in [2.24, 2.45) is 0 Å². The molecule has 0 unspecified atom stereocenters. The highest BCUT2D eigenvalue weighted by molar-refractivity contribution is 6.22. The third-order valence-corrected chi connectivity index (χ3v) is 6.99. The summed E-state index contributed by atoms with van der Waals surface area (Å²) in [6.45, 7) is 13.3. The van der Waals surface area contributed by atoms with Crippen molar-refractivity contribution in [1.82, 2.24) is 0 Å². The molecule has 1 aliphatic rings. The van der Waals surface area contributed by atoms with E-state index in [1.54, 1.807) is 0 Å². The lowest BCUT2D eigenvalue weighted by Gasteiger charge is -2.19. The minimum Gasteiger partial charge on any atom is -0.289 e. The summed E-state index contributed by atoms with van der Waals surface area (Å²) in [6, 6.07) is 30.0. The van der Waals surface area contributed by atoms with Gasteiger partial charge in [-0.1, -0.05) is 114 Å². The van der Waals surface area contributed by atoms with Crippen LogP contribution in [0.15, 0.2) is 84.9 Å². The first-order chi connectivity index (χ1) is 16.0. The molecular weight excluding hydrogens is 412 g/mol. The average Bonchev–Trinajstić information content (AvgIpc) is 3.09. The monoisotopic (exact) mass is 444 g/mol. The number of hydrogen-bond donors (Lipinski definition) is 0. The van der Waals surface area contributed by atoms with Gasteiger partial charge in [0.05, 0.1) is 0 Å². The maximum Gasteiger partial charge on any atom is 0.194 e. The summed E-state index contributed by atoms with van der Waals surface area (Å²) in [4.78, 5) is 13.4. The van der Waals surface area contributed by atoms with Gasteiger partial charge in [-0.3, -0.25) is 4.79 Å². The fraction of sp³-hybridized carbons (Fsp3) is 0.242. The lowest BCUT2D eigenvalue weighted by atomic mass is 9.86. The number of hydrogen-bond acceptors (Lipinski definition) is 1. The van der Waals surface area contributed by atoms with E-state index in [-0.39, 0.29) is 16.6 Å². The highest BCUT2D eigenvalue weighted by Crippen LogP contribution is 2.40.